The summed E-state index contributed by atoms with van der Waals surface area (Å²) in [5.41, 5.74) is 2.69. The van der Waals surface area contributed by atoms with E-state index in [1.807, 2.05) is 19.2 Å². The van der Waals surface area contributed by atoms with Gasteiger partial charge in [0.05, 0.1) is 7.11 Å². The largest absolute Gasteiger partial charge is 0.497 e. The number of nitrogens with zero attached hydrogens (tertiary/aromatic N) is 2. The number of aliphatic imine (C=N–C) groups is 1. The van der Waals surface area contributed by atoms with Crippen LogP contribution < -0.4 is 10.1 Å². The molecule has 2 aromatic rings. The van der Waals surface area contributed by atoms with Crippen LogP contribution in [-0.2, 0) is 6.54 Å². The molecule has 1 aliphatic carbocycles. The van der Waals surface area contributed by atoms with Crippen molar-refractivity contribution in [3.63, 3.8) is 0 Å². The molecule has 140 valence electrons. The predicted octanol–water partition coefficient (Wildman–Crippen LogP) is 4.12. The fourth-order valence-electron chi connectivity index (χ4n) is 3.27. The summed E-state index contributed by atoms with van der Waals surface area (Å²) >= 11 is 0. The van der Waals surface area contributed by atoms with Gasteiger partial charge in [-0.25, -0.2) is 0 Å². The molecule has 2 aromatic carbocycles. The number of hydrogen-bond acceptors (Lipinski definition) is 2. The van der Waals surface area contributed by atoms with Crippen molar-refractivity contribution < 1.29 is 4.74 Å². The van der Waals surface area contributed by atoms with E-state index in [0.717, 1.165) is 24.8 Å². The van der Waals surface area contributed by atoms with Gasteiger partial charge in [0.25, 0.3) is 0 Å². The summed E-state index contributed by atoms with van der Waals surface area (Å²) in [6.07, 6.45) is 1.26. The standard InChI is InChI=1S/C21H27N3O.HI/c1-22-21(24(2)15-16-9-11-19(25-3)12-10-16)23-14-18-13-20(18)17-7-5-4-6-8-17;/h4-12,18,20H,13-15H2,1-3H3,(H,22,23);1H. The van der Waals surface area contributed by atoms with E-state index in [4.69, 9.17) is 4.74 Å². The van der Waals surface area contributed by atoms with Crippen molar-refractivity contribution in [2.45, 2.75) is 18.9 Å². The van der Waals surface area contributed by atoms with E-state index >= 15 is 0 Å². The van der Waals surface area contributed by atoms with Crippen LogP contribution in [0.25, 0.3) is 0 Å². The minimum atomic E-state index is 0. The molecule has 0 saturated heterocycles. The van der Waals surface area contributed by atoms with E-state index in [2.05, 4.69) is 64.7 Å². The summed E-state index contributed by atoms with van der Waals surface area (Å²) in [6.45, 7) is 1.79. The van der Waals surface area contributed by atoms with Crippen LogP contribution in [0.2, 0.25) is 0 Å². The van der Waals surface area contributed by atoms with E-state index in [9.17, 15) is 0 Å². The van der Waals surface area contributed by atoms with E-state index in [1.165, 1.54) is 17.5 Å². The number of guanidine groups is 1. The summed E-state index contributed by atoms with van der Waals surface area (Å²) in [4.78, 5) is 6.58. The van der Waals surface area contributed by atoms with Crippen molar-refractivity contribution in [2.24, 2.45) is 10.9 Å². The zero-order chi connectivity index (χ0) is 17.6. The summed E-state index contributed by atoms with van der Waals surface area (Å²) in [5.74, 6) is 3.22. The van der Waals surface area contributed by atoms with E-state index in [-0.39, 0.29) is 24.0 Å². The highest BCUT2D eigenvalue weighted by Gasteiger charge is 2.37. The lowest BCUT2D eigenvalue weighted by Gasteiger charge is -2.22. The highest BCUT2D eigenvalue weighted by Crippen LogP contribution is 2.46. The fraction of sp³-hybridized carbons (Fsp3) is 0.381. The number of methoxy groups -OCH3 is 1. The van der Waals surface area contributed by atoms with Gasteiger partial charge < -0.3 is 15.0 Å². The van der Waals surface area contributed by atoms with Crippen molar-refractivity contribution >= 4 is 29.9 Å². The highest BCUT2D eigenvalue weighted by molar-refractivity contribution is 14.0. The third-order valence-corrected chi connectivity index (χ3v) is 4.82. The zero-order valence-electron chi connectivity index (χ0n) is 15.7. The van der Waals surface area contributed by atoms with Crippen molar-refractivity contribution in [2.75, 3.05) is 27.7 Å². The van der Waals surface area contributed by atoms with Crippen LogP contribution >= 0.6 is 24.0 Å². The van der Waals surface area contributed by atoms with Gasteiger partial charge in [-0.15, -0.1) is 24.0 Å². The summed E-state index contributed by atoms with van der Waals surface area (Å²) in [5, 5.41) is 3.52. The second-order valence-corrected chi connectivity index (χ2v) is 6.65. The maximum absolute atomic E-state index is 5.21. The number of nitrogens with one attached hydrogen (secondary N) is 1. The Balaban J connectivity index is 0.00000243. The van der Waals surface area contributed by atoms with Gasteiger partial charge in [-0.2, -0.15) is 0 Å². The molecule has 2 atom stereocenters. The summed E-state index contributed by atoms with van der Waals surface area (Å²) < 4.78 is 5.21. The average Bonchev–Trinajstić information content (AvgIpc) is 3.43. The molecule has 5 heteroatoms. The molecule has 3 rings (SSSR count). The lowest BCUT2D eigenvalue weighted by molar-refractivity contribution is 0.414. The van der Waals surface area contributed by atoms with Gasteiger partial charge in [-0.3, -0.25) is 4.99 Å². The Bertz CT molecular complexity index is 703. The van der Waals surface area contributed by atoms with E-state index in [0.29, 0.717) is 11.8 Å². The van der Waals surface area contributed by atoms with Crippen LogP contribution in [0, 0.1) is 5.92 Å². The third kappa shape index (κ3) is 5.37. The topological polar surface area (TPSA) is 36.9 Å². The first-order valence-electron chi connectivity index (χ1n) is 8.81. The first-order valence-corrected chi connectivity index (χ1v) is 8.81. The second kappa shape index (κ2) is 9.80. The van der Waals surface area contributed by atoms with Crippen molar-refractivity contribution in [1.82, 2.24) is 10.2 Å². The number of benzene rings is 2. The number of rotatable bonds is 6. The number of hydrogen-bond donors (Lipinski definition) is 1. The molecular formula is C21H28IN3O. The molecule has 0 aliphatic heterocycles. The maximum Gasteiger partial charge on any atom is 0.193 e. The number of halogens is 1. The summed E-state index contributed by atoms with van der Waals surface area (Å²) in [7, 11) is 5.60. The Morgan fingerprint density at radius 2 is 1.85 bits per heavy atom. The van der Waals surface area contributed by atoms with Crippen molar-refractivity contribution in [3.05, 3.63) is 65.7 Å². The Morgan fingerprint density at radius 3 is 2.46 bits per heavy atom. The van der Waals surface area contributed by atoms with Crippen molar-refractivity contribution in [3.8, 4) is 5.75 Å². The van der Waals surface area contributed by atoms with Gasteiger partial charge in [0.1, 0.15) is 5.75 Å². The van der Waals surface area contributed by atoms with Gasteiger partial charge in [0.15, 0.2) is 5.96 Å². The molecule has 0 spiro atoms. The molecule has 0 bridgehead atoms. The lowest BCUT2D eigenvalue weighted by Crippen LogP contribution is -2.39. The highest BCUT2D eigenvalue weighted by atomic mass is 127. The minimum Gasteiger partial charge on any atom is -0.497 e. The molecule has 0 aromatic heterocycles. The first-order chi connectivity index (χ1) is 12.2. The van der Waals surface area contributed by atoms with Crippen LogP contribution in [0.3, 0.4) is 0 Å². The molecule has 1 saturated carbocycles. The molecular weight excluding hydrogens is 437 g/mol. The van der Waals surface area contributed by atoms with Crippen LogP contribution in [0.4, 0.5) is 0 Å². The van der Waals surface area contributed by atoms with Crippen LogP contribution in [0.5, 0.6) is 5.75 Å². The average molecular weight is 465 g/mol. The van der Waals surface area contributed by atoms with Gasteiger partial charge in [0, 0.05) is 27.2 Å². The molecule has 1 fully saturated rings. The second-order valence-electron chi connectivity index (χ2n) is 6.65. The summed E-state index contributed by atoms with van der Waals surface area (Å²) in [6, 6.07) is 19.0. The van der Waals surface area contributed by atoms with Crippen LogP contribution in [0.15, 0.2) is 59.6 Å². The Morgan fingerprint density at radius 1 is 1.15 bits per heavy atom. The molecule has 26 heavy (non-hydrogen) atoms. The Hall–Kier alpha value is -1.76. The molecule has 1 aliphatic rings. The van der Waals surface area contributed by atoms with Crippen molar-refractivity contribution in [1.29, 1.82) is 0 Å². The van der Waals surface area contributed by atoms with Gasteiger partial charge >= 0.3 is 0 Å². The molecule has 0 heterocycles. The minimum absolute atomic E-state index is 0. The zero-order valence-corrected chi connectivity index (χ0v) is 18.0. The van der Waals surface area contributed by atoms with Crippen LogP contribution in [-0.4, -0.2) is 38.6 Å². The lowest BCUT2D eigenvalue weighted by atomic mass is 10.1. The third-order valence-electron chi connectivity index (χ3n) is 4.82. The molecule has 4 nitrogen and oxygen atoms in total. The van der Waals surface area contributed by atoms with Gasteiger partial charge in [-0.05, 0) is 41.5 Å². The predicted molar refractivity (Wildman–Crippen MR) is 119 cm³/mol. The van der Waals surface area contributed by atoms with Crippen LogP contribution in [0.1, 0.15) is 23.5 Å². The fourth-order valence-corrected chi connectivity index (χ4v) is 3.27. The Labute approximate surface area is 173 Å². The monoisotopic (exact) mass is 465 g/mol. The Kier molecular flexibility index (Phi) is 7.75. The number of ether oxygens (including phenoxy) is 1. The molecule has 2 unspecified atom stereocenters. The molecule has 0 amide bonds. The SMILES string of the molecule is CN=C(NCC1CC1c1ccccc1)N(C)Cc1ccc(OC)cc1.I. The van der Waals surface area contributed by atoms with Gasteiger partial charge in [-0.1, -0.05) is 42.5 Å². The smallest absolute Gasteiger partial charge is 0.193 e. The normalized spacial score (nSPS) is 18.7. The quantitative estimate of drug-likeness (QED) is 0.396. The molecule has 1 N–H and O–H groups in total. The van der Waals surface area contributed by atoms with E-state index < -0.39 is 0 Å². The molecule has 0 radical (unpaired) electrons. The van der Waals surface area contributed by atoms with E-state index in [1.54, 1.807) is 7.11 Å². The van der Waals surface area contributed by atoms with Gasteiger partial charge in [0.2, 0.25) is 0 Å². The first kappa shape index (κ1) is 20.6. The maximum atomic E-state index is 5.21.